The number of hydrazone groups is 1. The fraction of sp³-hybridized carbons (Fsp3) is 0.0645. The van der Waals surface area contributed by atoms with Crippen LogP contribution in [0.3, 0.4) is 0 Å². The first-order valence-electron chi connectivity index (χ1n) is 12.0. The molecule has 0 radical (unpaired) electrons. The van der Waals surface area contributed by atoms with Crippen LogP contribution in [0.1, 0.15) is 26.3 Å². The number of phenolic OH excluding ortho intramolecular Hbond substituents is 1. The second-order valence-corrected chi connectivity index (χ2v) is 8.57. The van der Waals surface area contributed by atoms with Gasteiger partial charge in [-0.05, 0) is 57.9 Å². The van der Waals surface area contributed by atoms with Crippen LogP contribution in [0.25, 0.3) is 21.5 Å². The van der Waals surface area contributed by atoms with Gasteiger partial charge in [0.1, 0.15) is 11.5 Å². The molecule has 0 fully saturated rings. The van der Waals surface area contributed by atoms with Gasteiger partial charge in [0.25, 0.3) is 5.91 Å². The van der Waals surface area contributed by atoms with E-state index in [1.54, 1.807) is 24.3 Å². The molecular weight excluding hydrogens is 496 g/mol. The molecule has 0 bridgehead atoms. The molecule has 0 saturated heterocycles. The molecule has 5 rings (SSSR count). The fourth-order valence-electron chi connectivity index (χ4n) is 4.25. The van der Waals surface area contributed by atoms with Gasteiger partial charge < -0.3 is 19.3 Å². The van der Waals surface area contributed by atoms with Crippen molar-refractivity contribution in [2.24, 2.45) is 5.10 Å². The quantitative estimate of drug-likeness (QED) is 0.123. The highest BCUT2D eigenvalue weighted by Crippen LogP contribution is 2.30. The van der Waals surface area contributed by atoms with Gasteiger partial charge in [-0.2, -0.15) is 5.10 Å². The standard InChI is InChI=1S/C31H24N2O6/c1-37-28-14-12-22(17-29(28)38-2)31(36)39-27-13-11-19-7-5-6-10-23(19)25(27)18-32-33-30(35)24-15-20-8-3-4-9-21(20)16-26(24)34/h3-18,34H,1-2H3,(H,33,35)/b32-18+. The SMILES string of the molecule is COc1ccc(C(=O)Oc2ccc3ccccc3c2/C=N/NC(=O)c2cc3ccccc3cc2O)cc1OC. The van der Waals surface area contributed by atoms with Crippen LogP contribution in [0.5, 0.6) is 23.0 Å². The second-order valence-electron chi connectivity index (χ2n) is 8.57. The summed E-state index contributed by atoms with van der Waals surface area (Å²) >= 11 is 0. The van der Waals surface area contributed by atoms with Crippen molar-refractivity contribution in [1.29, 1.82) is 0 Å². The molecule has 0 heterocycles. The summed E-state index contributed by atoms with van der Waals surface area (Å²) in [5.74, 6) is -0.214. The maximum absolute atomic E-state index is 13.0. The topological polar surface area (TPSA) is 106 Å². The number of phenols is 1. The van der Waals surface area contributed by atoms with E-state index < -0.39 is 11.9 Å². The molecule has 0 aromatic heterocycles. The maximum atomic E-state index is 13.0. The summed E-state index contributed by atoms with van der Waals surface area (Å²) in [4.78, 5) is 25.9. The molecule has 0 aliphatic heterocycles. The lowest BCUT2D eigenvalue weighted by molar-refractivity contribution is 0.0734. The summed E-state index contributed by atoms with van der Waals surface area (Å²) in [5, 5.41) is 17.8. The van der Waals surface area contributed by atoms with Gasteiger partial charge >= 0.3 is 5.97 Å². The van der Waals surface area contributed by atoms with Gasteiger partial charge in [-0.25, -0.2) is 10.2 Å². The lowest BCUT2D eigenvalue weighted by atomic mass is 10.0. The van der Waals surface area contributed by atoms with E-state index in [1.165, 1.54) is 32.6 Å². The lowest BCUT2D eigenvalue weighted by Gasteiger charge is -2.12. The average molecular weight is 521 g/mol. The number of ether oxygens (including phenoxy) is 3. The molecule has 0 aliphatic rings. The van der Waals surface area contributed by atoms with Gasteiger partial charge in [-0.3, -0.25) is 4.79 Å². The van der Waals surface area contributed by atoms with Crippen molar-refractivity contribution in [1.82, 2.24) is 5.43 Å². The van der Waals surface area contributed by atoms with E-state index in [4.69, 9.17) is 14.2 Å². The van der Waals surface area contributed by atoms with E-state index in [9.17, 15) is 14.7 Å². The molecular formula is C31H24N2O6. The van der Waals surface area contributed by atoms with E-state index in [-0.39, 0.29) is 22.6 Å². The number of esters is 1. The van der Waals surface area contributed by atoms with E-state index >= 15 is 0 Å². The van der Waals surface area contributed by atoms with Gasteiger partial charge in [0.2, 0.25) is 0 Å². The summed E-state index contributed by atoms with van der Waals surface area (Å²) in [6.45, 7) is 0. The number of carbonyl (C=O) groups is 2. The highest BCUT2D eigenvalue weighted by atomic mass is 16.5. The molecule has 2 N–H and O–H groups in total. The number of carbonyl (C=O) groups excluding carboxylic acids is 2. The largest absolute Gasteiger partial charge is 0.507 e. The number of benzene rings is 5. The molecule has 5 aromatic carbocycles. The highest BCUT2D eigenvalue weighted by Gasteiger charge is 2.17. The Morgan fingerprint density at radius 2 is 1.44 bits per heavy atom. The van der Waals surface area contributed by atoms with Gasteiger partial charge in [0, 0.05) is 5.56 Å². The third-order valence-corrected chi connectivity index (χ3v) is 6.22. The highest BCUT2D eigenvalue weighted by molar-refractivity contribution is 6.05. The first-order valence-corrected chi connectivity index (χ1v) is 12.0. The number of rotatable bonds is 7. The first-order chi connectivity index (χ1) is 19.0. The lowest BCUT2D eigenvalue weighted by Crippen LogP contribution is -2.18. The molecule has 8 heteroatoms. The Morgan fingerprint density at radius 1 is 0.769 bits per heavy atom. The summed E-state index contributed by atoms with van der Waals surface area (Å²) in [6.07, 6.45) is 1.41. The van der Waals surface area contributed by atoms with Crippen LogP contribution in [0.15, 0.2) is 96.1 Å². The number of aromatic hydroxyl groups is 1. The Bertz CT molecular complexity index is 1750. The van der Waals surface area contributed by atoms with Crippen LogP contribution in [-0.4, -0.2) is 37.4 Å². The first kappa shape index (κ1) is 25.3. The molecule has 0 unspecified atom stereocenters. The van der Waals surface area contributed by atoms with Crippen LogP contribution in [0, 0.1) is 0 Å². The van der Waals surface area contributed by atoms with Crippen LogP contribution in [0.4, 0.5) is 0 Å². The van der Waals surface area contributed by atoms with Gasteiger partial charge in [0.15, 0.2) is 11.5 Å². The van der Waals surface area contributed by atoms with Crippen LogP contribution in [-0.2, 0) is 0 Å². The second kappa shape index (κ2) is 10.9. The van der Waals surface area contributed by atoms with Crippen molar-refractivity contribution in [3.63, 3.8) is 0 Å². The third-order valence-electron chi connectivity index (χ3n) is 6.22. The zero-order chi connectivity index (χ0) is 27.4. The van der Waals surface area contributed by atoms with Gasteiger partial charge in [0.05, 0.1) is 31.6 Å². The normalized spacial score (nSPS) is 11.0. The average Bonchev–Trinajstić information content (AvgIpc) is 2.97. The molecule has 0 saturated carbocycles. The summed E-state index contributed by atoms with van der Waals surface area (Å²) in [7, 11) is 2.99. The maximum Gasteiger partial charge on any atom is 0.343 e. The van der Waals surface area contributed by atoms with Gasteiger partial charge in [-0.1, -0.05) is 54.6 Å². The number of amides is 1. The molecule has 1 amide bonds. The van der Waals surface area contributed by atoms with Crippen LogP contribution >= 0.6 is 0 Å². The number of nitrogens with one attached hydrogen (secondary N) is 1. The summed E-state index contributed by atoms with van der Waals surface area (Å²) < 4.78 is 16.3. The fourth-order valence-corrected chi connectivity index (χ4v) is 4.25. The molecule has 0 aliphatic carbocycles. The number of nitrogens with zero attached hydrogens (tertiary/aromatic N) is 1. The minimum Gasteiger partial charge on any atom is -0.507 e. The molecule has 0 atom stereocenters. The molecule has 8 nitrogen and oxygen atoms in total. The van der Waals surface area contributed by atoms with Crippen LogP contribution in [0.2, 0.25) is 0 Å². The van der Waals surface area contributed by atoms with Crippen LogP contribution < -0.4 is 19.6 Å². The molecule has 5 aromatic rings. The van der Waals surface area contributed by atoms with Crippen molar-refractivity contribution in [2.45, 2.75) is 0 Å². The monoisotopic (exact) mass is 520 g/mol. The minimum absolute atomic E-state index is 0.0869. The van der Waals surface area contributed by atoms with Crippen molar-refractivity contribution in [3.8, 4) is 23.0 Å². The Morgan fingerprint density at radius 3 is 2.18 bits per heavy atom. The Balaban J connectivity index is 1.43. The zero-order valence-electron chi connectivity index (χ0n) is 21.2. The van der Waals surface area contributed by atoms with E-state index in [2.05, 4.69) is 10.5 Å². The van der Waals surface area contributed by atoms with E-state index in [0.29, 0.717) is 17.1 Å². The smallest absolute Gasteiger partial charge is 0.343 e. The number of hydrogen-bond donors (Lipinski definition) is 2. The van der Waals surface area contributed by atoms with E-state index in [0.717, 1.165) is 21.5 Å². The third kappa shape index (κ3) is 5.21. The number of methoxy groups -OCH3 is 2. The Hall–Kier alpha value is -5.37. The predicted molar refractivity (Wildman–Crippen MR) is 149 cm³/mol. The molecule has 39 heavy (non-hydrogen) atoms. The Kier molecular flexibility index (Phi) is 7.09. The van der Waals surface area contributed by atoms with Gasteiger partial charge in [-0.15, -0.1) is 0 Å². The van der Waals surface area contributed by atoms with Crippen molar-refractivity contribution in [2.75, 3.05) is 14.2 Å². The van der Waals surface area contributed by atoms with Crippen molar-refractivity contribution < 1.29 is 28.9 Å². The minimum atomic E-state index is -0.606. The number of hydrogen-bond acceptors (Lipinski definition) is 7. The molecule has 194 valence electrons. The number of fused-ring (bicyclic) bond motifs is 2. The van der Waals surface area contributed by atoms with E-state index in [1.807, 2.05) is 54.6 Å². The summed E-state index contributed by atoms with van der Waals surface area (Å²) in [5.41, 5.74) is 3.30. The Labute approximate surface area is 224 Å². The molecule has 0 spiro atoms. The summed E-state index contributed by atoms with van der Waals surface area (Å²) in [6, 6.07) is 26.3. The zero-order valence-corrected chi connectivity index (χ0v) is 21.2. The predicted octanol–water partition coefficient (Wildman–Crippen LogP) is 5.70. The van der Waals surface area contributed by atoms with Crippen molar-refractivity contribution in [3.05, 3.63) is 108 Å². The van der Waals surface area contributed by atoms with Crippen molar-refractivity contribution >= 4 is 39.6 Å².